The van der Waals surface area contributed by atoms with Crippen LogP contribution in [0.5, 0.6) is 0 Å². The van der Waals surface area contributed by atoms with Crippen LogP contribution in [0, 0.1) is 5.92 Å². The summed E-state index contributed by atoms with van der Waals surface area (Å²) in [6, 6.07) is 0.828. The van der Waals surface area contributed by atoms with E-state index in [4.69, 9.17) is 0 Å². The van der Waals surface area contributed by atoms with Gasteiger partial charge in [0.15, 0.2) is 0 Å². The molecule has 0 spiro atoms. The molecule has 1 atom stereocenters. The summed E-state index contributed by atoms with van der Waals surface area (Å²) in [6.45, 7) is 5.67. The van der Waals surface area contributed by atoms with Gasteiger partial charge in [-0.05, 0) is 31.7 Å². The standard InChI is InChI=1S/C13H27N/c1-3-5-6-11-13(14-4-2)12-9-7-8-10-12/h12-14H,3-11H2,1-2H3. The third kappa shape index (κ3) is 4.00. The highest BCUT2D eigenvalue weighted by Crippen LogP contribution is 2.29. The van der Waals surface area contributed by atoms with Crippen molar-refractivity contribution in [2.45, 2.75) is 71.3 Å². The van der Waals surface area contributed by atoms with Gasteiger partial charge >= 0.3 is 0 Å². The molecule has 1 nitrogen and oxygen atoms in total. The van der Waals surface area contributed by atoms with Crippen molar-refractivity contribution >= 4 is 0 Å². The highest BCUT2D eigenvalue weighted by atomic mass is 14.9. The summed E-state index contributed by atoms with van der Waals surface area (Å²) in [7, 11) is 0. The Kier molecular flexibility index (Phi) is 6.25. The summed E-state index contributed by atoms with van der Waals surface area (Å²) >= 11 is 0. The topological polar surface area (TPSA) is 12.0 Å². The molecule has 84 valence electrons. The van der Waals surface area contributed by atoms with Crippen LogP contribution in [-0.2, 0) is 0 Å². The van der Waals surface area contributed by atoms with Crippen molar-refractivity contribution in [2.75, 3.05) is 6.54 Å². The highest BCUT2D eigenvalue weighted by Gasteiger charge is 2.23. The lowest BCUT2D eigenvalue weighted by Gasteiger charge is -2.24. The molecule has 1 fully saturated rings. The minimum atomic E-state index is 0.828. The van der Waals surface area contributed by atoms with Crippen molar-refractivity contribution in [3.8, 4) is 0 Å². The minimum absolute atomic E-state index is 0.828. The van der Waals surface area contributed by atoms with Crippen molar-refractivity contribution in [2.24, 2.45) is 5.92 Å². The maximum absolute atomic E-state index is 3.68. The maximum atomic E-state index is 3.68. The van der Waals surface area contributed by atoms with Gasteiger partial charge in [0.25, 0.3) is 0 Å². The number of hydrogen-bond donors (Lipinski definition) is 1. The summed E-state index contributed by atoms with van der Waals surface area (Å²) in [6.07, 6.45) is 11.5. The van der Waals surface area contributed by atoms with Crippen molar-refractivity contribution in [3.63, 3.8) is 0 Å². The molecule has 1 aliphatic rings. The van der Waals surface area contributed by atoms with Crippen molar-refractivity contribution in [1.82, 2.24) is 5.32 Å². The van der Waals surface area contributed by atoms with E-state index < -0.39 is 0 Å². The predicted molar refractivity (Wildman–Crippen MR) is 63.6 cm³/mol. The van der Waals surface area contributed by atoms with Crippen LogP contribution in [0.2, 0.25) is 0 Å². The van der Waals surface area contributed by atoms with E-state index in [0.717, 1.165) is 18.5 Å². The first-order valence-corrected chi connectivity index (χ1v) is 6.61. The van der Waals surface area contributed by atoms with Crippen LogP contribution in [-0.4, -0.2) is 12.6 Å². The van der Waals surface area contributed by atoms with Crippen LogP contribution in [0.4, 0.5) is 0 Å². The van der Waals surface area contributed by atoms with E-state index in [9.17, 15) is 0 Å². The molecule has 0 aromatic carbocycles. The molecule has 1 saturated carbocycles. The van der Waals surface area contributed by atoms with Gasteiger partial charge in [-0.1, -0.05) is 46.0 Å². The monoisotopic (exact) mass is 197 g/mol. The van der Waals surface area contributed by atoms with Crippen LogP contribution in [0.15, 0.2) is 0 Å². The maximum Gasteiger partial charge on any atom is 0.00952 e. The van der Waals surface area contributed by atoms with Crippen molar-refractivity contribution in [1.29, 1.82) is 0 Å². The van der Waals surface area contributed by atoms with E-state index in [2.05, 4.69) is 19.2 Å². The number of hydrogen-bond acceptors (Lipinski definition) is 1. The Balaban J connectivity index is 2.22. The molecule has 1 N–H and O–H groups in total. The number of unbranched alkanes of at least 4 members (excludes halogenated alkanes) is 2. The van der Waals surface area contributed by atoms with Crippen LogP contribution >= 0.6 is 0 Å². The Bertz CT molecular complexity index is 127. The SMILES string of the molecule is CCCCCC(NCC)C1CCCC1. The Labute approximate surface area is 89.7 Å². The molecule has 0 heterocycles. The quantitative estimate of drug-likeness (QED) is 0.613. The molecule has 1 rings (SSSR count). The van der Waals surface area contributed by atoms with Gasteiger partial charge in [-0.2, -0.15) is 0 Å². The van der Waals surface area contributed by atoms with Crippen molar-refractivity contribution in [3.05, 3.63) is 0 Å². The van der Waals surface area contributed by atoms with E-state index in [-0.39, 0.29) is 0 Å². The molecule has 0 saturated heterocycles. The first-order chi connectivity index (χ1) is 6.88. The lowest BCUT2D eigenvalue weighted by atomic mass is 9.93. The Hall–Kier alpha value is -0.0400. The molecule has 1 aliphatic carbocycles. The lowest BCUT2D eigenvalue weighted by Crippen LogP contribution is -2.34. The van der Waals surface area contributed by atoms with Gasteiger partial charge < -0.3 is 5.32 Å². The van der Waals surface area contributed by atoms with Gasteiger partial charge in [-0.3, -0.25) is 0 Å². The molecule has 0 amide bonds. The Morgan fingerprint density at radius 2 is 1.86 bits per heavy atom. The molecule has 1 heteroatoms. The Morgan fingerprint density at radius 1 is 1.14 bits per heavy atom. The molecule has 0 aliphatic heterocycles. The van der Waals surface area contributed by atoms with E-state index >= 15 is 0 Å². The summed E-state index contributed by atoms with van der Waals surface area (Å²) in [5, 5.41) is 3.68. The smallest absolute Gasteiger partial charge is 0.00952 e. The third-order valence-electron chi connectivity index (χ3n) is 3.55. The summed E-state index contributed by atoms with van der Waals surface area (Å²) in [4.78, 5) is 0. The van der Waals surface area contributed by atoms with Gasteiger partial charge in [0.2, 0.25) is 0 Å². The largest absolute Gasteiger partial charge is 0.314 e. The van der Waals surface area contributed by atoms with Crippen LogP contribution < -0.4 is 5.32 Å². The third-order valence-corrected chi connectivity index (χ3v) is 3.55. The van der Waals surface area contributed by atoms with Gasteiger partial charge in [-0.25, -0.2) is 0 Å². The number of rotatable bonds is 7. The van der Waals surface area contributed by atoms with Crippen molar-refractivity contribution < 1.29 is 0 Å². The molecule has 0 radical (unpaired) electrons. The van der Waals surface area contributed by atoms with Gasteiger partial charge in [0, 0.05) is 6.04 Å². The second-order valence-electron chi connectivity index (χ2n) is 4.70. The lowest BCUT2D eigenvalue weighted by molar-refractivity contribution is 0.336. The minimum Gasteiger partial charge on any atom is -0.314 e. The summed E-state index contributed by atoms with van der Waals surface area (Å²) < 4.78 is 0. The fourth-order valence-electron chi connectivity index (χ4n) is 2.74. The summed E-state index contributed by atoms with van der Waals surface area (Å²) in [5.41, 5.74) is 0. The van der Waals surface area contributed by atoms with E-state index in [1.807, 2.05) is 0 Å². The average molecular weight is 197 g/mol. The molecule has 14 heavy (non-hydrogen) atoms. The zero-order valence-electron chi connectivity index (χ0n) is 10.0. The first-order valence-electron chi connectivity index (χ1n) is 6.61. The second-order valence-corrected chi connectivity index (χ2v) is 4.70. The normalized spacial score (nSPS) is 20.1. The zero-order chi connectivity index (χ0) is 10.2. The molecular formula is C13H27N. The molecule has 1 unspecified atom stereocenters. The van der Waals surface area contributed by atoms with Gasteiger partial charge in [0.05, 0.1) is 0 Å². The molecule has 0 aromatic rings. The predicted octanol–water partition coefficient (Wildman–Crippen LogP) is 3.74. The van der Waals surface area contributed by atoms with Gasteiger partial charge in [-0.15, -0.1) is 0 Å². The second kappa shape index (κ2) is 7.28. The zero-order valence-corrected chi connectivity index (χ0v) is 10.0. The van der Waals surface area contributed by atoms with E-state index in [1.165, 1.54) is 51.4 Å². The van der Waals surface area contributed by atoms with Crippen LogP contribution in [0.3, 0.4) is 0 Å². The van der Waals surface area contributed by atoms with Crippen LogP contribution in [0.1, 0.15) is 65.2 Å². The fraction of sp³-hybridized carbons (Fsp3) is 1.00. The molecule has 0 aromatic heterocycles. The fourth-order valence-corrected chi connectivity index (χ4v) is 2.74. The Morgan fingerprint density at radius 3 is 2.43 bits per heavy atom. The number of nitrogens with one attached hydrogen (secondary N) is 1. The summed E-state index contributed by atoms with van der Waals surface area (Å²) in [5.74, 6) is 0.992. The van der Waals surface area contributed by atoms with E-state index in [1.54, 1.807) is 0 Å². The highest BCUT2D eigenvalue weighted by molar-refractivity contribution is 4.80. The average Bonchev–Trinajstić information content (AvgIpc) is 2.70. The van der Waals surface area contributed by atoms with Crippen LogP contribution in [0.25, 0.3) is 0 Å². The van der Waals surface area contributed by atoms with E-state index in [0.29, 0.717) is 0 Å². The first kappa shape index (κ1) is 12.0. The van der Waals surface area contributed by atoms with Gasteiger partial charge in [0.1, 0.15) is 0 Å². The molecular weight excluding hydrogens is 170 g/mol. The molecule has 0 bridgehead atoms.